The molecular weight excluding hydrogens is 400 g/mol. The van der Waals surface area contributed by atoms with E-state index in [1.165, 1.54) is 24.0 Å². The Kier molecular flexibility index (Phi) is 4.49. The highest BCUT2D eigenvalue weighted by Gasteiger charge is 2.26. The highest BCUT2D eigenvalue weighted by atomic mass is 32.1. The third kappa shape index (κ3) is 3.00. The van der Waals surface area contributed by atoms with Gasteiger partial charge in [0.05, 0.1) is 26.0 Å². The first-order chi connectivity index (χ1) is 14.9. The third-order valence-corrected chi connectivity index (χ3v) is 7.02. The largest absolute Gasteiger partial charge is 0.467 e. The first kappa shape index (κ1) is 18.0. The summed E-state index contributed by atoms with van der Waals surface area (Å²) in [5, 5.41) is 17.3. The van der Waals surface area contributed by atoms with Crippen LogP contribution in [0.15, 0.2) is 22.8 Å². The van der Waals surface area contributed by atoms with Gasteiger partial charge in [0.1, 0.15) is 26.6 Å². The van der Waals surface area contributed by atoms with Gasteiger partial charge in [0.15, 0.2) is 5.82 Å². The number of morpholine rings is 1. The average molecular weight is 423 g/mol. The van der Waals surface area contributed by atoms with Crippen LogP contribution >= 0.6 is 11.3 Å². The molecule has 5 heterocycles. The Morgan fingerprint density at radius 3 is 2.80 bits per heavy atom. The molecule has 1 saturated heterocycles. The van der Waals surface area contributed by atoms with Crippen molar-refractivity contribution < 1.29 is 9.15 Å². The maximum atomic E-state index is 5.56. The second-order valence-electron chi connectivity index (χ2n) is 7.73. The number of aryl methyl sites for hydroxylation is 1. The van der Waals surface area contributed by atoms with E-state index in [4.69, 9.17) is 14.1 Å². The van der Waals surface area contributed by atoms with Gasteiger partial charge in [-0.2, -0.15) is 0 Å². The molecular formula is C21H22N6O2S. The lowest BCUT2D eigenvalue weighted by Gasteiger charge is -2.31. The number of ether oxygens (including phenoxy) is 1. The summed E-state index contributed by atoms with van der Waals surface area (Å²) in [6.07, 6.45) is 6.23. The van der Waals surface area contributed by atoms with Crippen LogP contribution < -0.4 is 10.2 Å². The Hall–Kier alpha value is -2.78. The van der Waals surface area contributed by atoms with E-state index in [0.717, 1.165) is 77.0 Å². The molecule has 1 aliphatic heterocycles. The molecule has 0 atom stereocenters. The van der Waals surface area contributed by atoms with Crippen molar-refractivity contribution in [1.82, 2.24) is 20.4 Å². The predicted octanol–water partition coefficient (Wildman–Crippen LogP) is 3.56. The number of furan rings is 1. The van der Waals surface area contributed by atoms with Gasteiger partial charge in [0.2, 0.25) is 0 Å². The number of pyridine rings is 1. The third-order valence-electron chi connectivity index (χ3n) is 5.94. The van der Waals surface area contributed by atoms with Gasteiger partial charge in [-0.3, -0.25) is 0 Å². The van der Waals surface area contributed by atoms with Crippen LogP contribution in [0.25, 0.3) is 20.4 Å². The summed E-state index contributed by atoms with van der Waals surface area (Å²) >= 11 is 1.65. The van der Waals surface area contributed by atoms with Crippen molar-refractivity contribution in [1.29, 1.82) is 0 Å². The zero-order chi connectivity index (χ0) is 19.9. The molecule has 154 valence electrons. The molecule has 0 saturated carbocycles. The van der Waals surface area contributed by atoms with Crippen LogP contribution in [0, 0.1) is 0 Å². The SMILES string of the molecule is c1coc(CNc2nnnc3c2sc2nc(N4CCOCC4)c4c(c23)CCCC4)c1. The normalized spacial score (nSPS) is 16.9. The fourth-order valence-electron chi connectivity index (χ4n) is 4.50. The van der Waals surface area contributed by atoms with Crippen molar-refractivity contribution in [3.8, 4) is 0 Å². The number of thiophene rings is 1. The first-order valence-corrected chi connectivity index (χ1v) is 11.3. The van der Waals surface area contributed by atoms with Gasteiger partial charge in [0, 0.05) is 18.5 Å². The molecule has 6 rings (SSSR count). The van der Waals surface area contributed by atoms with E-state index in [1.807, 2.05) is 12.1 Å². The van der Waals surface area contributed by atoms with Gasteiger partial charge in [0.25, 0.3) is 0 Å². The van der Waals surface area contributed by atoms with Crippen LogP contribution in [0.2, 0.25) is 0 Å². The molecule has 0 amide bonds. The Bertz CT molecular complexity index is 1200. The minimum atomic E-state index is 0.555. The second kappa shape index (κ2) is 7.48. The monoisotopic (exact) mass is 422 g/mol. The smallest absolute Gasteiger partial charge is 0.170 e. The predicted molar refractivity (Wildman–Crippen MR) is 116 cm³/mol. The minimum absolute atomic E-state index is 0.555. The van der Waals surface area contributed by atoms with Gasteiger partial charge in [-0.05, 0) is 54.2 Å². The number of nitrogens with zero attached hydrogens (tertiary/aromatic N) is 5. The van der Waals surface area contributed by atoms with Crippen LogP contribution in [0.4, 0.5) is 11.6 Å². The summed E-state index contributed by atoms with van der Waals surface area (Å²) in [5.74, 6) is 2.72. The van der Waals surface area contributed by atoms with E-state index in [0.29, 0.717) is 6.54 Å². The maximum absolute atomic E-state index is 5.56. The topological polar surface area (TPSA) is 89.2 Å². The van der Waals surface area contributed by atoms with Crippen molar-refractivity contribution in [3.63, 3.8) is 0 Å². The fourth-order valence-corrected chi connectivity index (χ4v) is 5.60. The first-order valence-electron chi connectivity index (χ1n) is 10.4. The average Bonchev–Trinajstić information content (AvgIpc) is 3.45. The van der Waals surface area contributed by atoms with E-state index < -0.39 is 0 Å². The maximum Gasteiger partial charge on any atom is 0.170 e. The number of rotatable bonds is 4. The Balaban J connectivity index is 1.49. The van der Waals surface area contributed by atoms with Crippen molar-refractivity contribution in [2.24, 2.45) is 0 Å². The second-order valence-corrected chi connectivity index (χ2v) is 8.73. The number of hydrogen-bond donors (Lipinski definition) is 1. The Labute approximate surface area is 177 Å². The summed E-state index contributed by atoms with van der Waals surface area (Å²) < 4.78 is 12.0. The molecule has 30 heavy (non-hydrogen) atoms. The zero-order valence-corrected chi connectivity index (χ0v) is 17.4. The summed E-state index contributed by atoms with van der Waals surface area (Å²) in [7, 11) is 0. The number of hydrogen-bond acceptors (Lipinski definition) is 9. The molecule has 0 bridgehead atoms. The van der Waals surface area contributed by atoms with E-state index >= 15 is 0 Å². The molecule has 9 heteroatoms. The summed E-state index contributed by atoms with van der Waals surface area (Å²) in [4.78, 5) is 8.56. The van der Waals surface area contributed by atoms with Crippen molar-refractivity contribution in [2.75, 3.05) is 36.5 Å². The fraction of sp³-hybridized carbons (Fsp3) is 0.429. The van der Waals surface area contributed by atoms with Crippen molar-refractivity contribution in [2.45, 2.75) is 32.2 Å². The van der Waals surface area contributed by atoms with Gasteiger partial charge >= 0.3 is 0 Å². The standard InChI is InChI=1S/C21H22N6O2S/c1-2-6-15-14(5-1)16-17-18(19(25-26-24-17)22-12-13-4-3-9-29-13)30-21(16)23-20(15)27-7-10-28-11-8-27/h3-4,9H,1-2,5-8,10-12H2,(H,22,24,25). The van der Waals surface area contributed by atoms with Gasteiger partial charge < -0.3 is 19.4 Å². The zero-order valence-electron chi connectivity index (χ0n) is 16.6. The summed E-state index contributed by atoms with van der Waals surface area (Å²) in [6.45, 7) is 3.87. The van der Waals surface area contributed by atoms with Gasteiger partial charge in [-0.15, -0.1) is 21.5 Å². The van der Waals surface area contributed by atoms with Gasteiger partial charge in [-0.25, -0.2) is 4.98 Å². The van der Waals surface area contributed by atoms with Crippen LogP contribution in [0.1, 0.15) is 29.7 Å². The Morgan fingerprint density at radius 1 is 1.10 bits per heavy atom. The number of anilines is 2. The highest BCUT2D eigenvalue weighted by molar-refractivity contribution is 7.26. The molecule has 2 aliphatic rings. The van der Waals surface area contributed by atoms with Crippen LogP contribution in [-0.4, -0.2) is 46.7 Å². The number of fused-ring (bicyclic) bond motifs is 5. The lowest BCUT2D eigenvalue weighted by atomic mass is 9.90. The van der Waals surface area contributed by atoms with Crippen LogP contribution in [-0.2, 0) is 24.1 Å². The van der Waals surface area contributed by atoms with Crippen LogP contribution in [0.5, 0.6) is 0 Å². The molecule has 0 aromatic carbocycles. The number of nitrogens with one attached hydrogen (secondary N) is 1. The molecule has 0 spiro atoms. The van der Waals surface area contributed by atoms with Crippen molar-refractivity contribution >= 4 is 43.4 Å². The number of aromatic nitrogens is 4. The summed E-state index contributed by atoms with van der Waals surface area (Å²) in [5.41, 5.74) is 3.70. The molecule has 8 nitrogen and oxygen atoms in total. The highest BCUT2D eigenvalue weighted by Crippen LogP contribution is 2.42. The van der Waals surface area contributed by atoms with E-state index in [1.54, 1.807) is 17.6 Å². The quantitative estimate of drug-likeness (QED) is 0.534. The van der Waals surface area contributed by atoms with E-state index in [2.05, 4.69) is 25.6 Å². The molecule has 4 aromatic heterocycles. The Morgan fingerprint density at radius 2 is 1.97 bits per heavy atom. The molecule has 4 aromatic rings. The van der Waals surface area contributed by atoms with E-state index in [9.17, 15) is 0 Å². The lowest BCUT2D eigenvalue weighted by molar-refractivity contribution is 0.122. The molecule has 1 fully saturated rings. The molecule has 0 radical (unpaired) electrons. The summed E-state index contributed by atoms with van der Waals surface area (Å²) in [6, 6.07) is 3.82. The van der Waals surface area contributed by atoms with Crippen molar-refractivity contribution in [3.05, 3.63) is 35.3 Å². The van der Waals surface area contributed by atoms with Crippen LogP contribution in [0.3, 0.4) is 0 Å². The lowest BCUT2D eigenvalue weighted by Crippen LogP contribution is -2.37. The molecule has 1 aliphatic carbocycles. The minimum Gasteiger partial charge on any atom is -0.467 e. The molecule has 1 N–H and O–H groups in total. The van der Waals surface area contributed by atoms with E-state index in [-0.39, 0.29) is 0 Å². The molecule has 0 unspecified atom stereocenters. The van der Waals surface area contributed by atoms with Gasteiger partial charge in [-0.1, -0.05) is 0 Å².